The summed E-state index contributed by atoms with van der Waals surface area (Å²) in [6.07, 6.45) is 4.35. The highest BCUT2D eigenvalue weighted by Gasteiger charge is 2.29. The summed E-state index contributed by atoms with van der Waals surface area (Å²) in [5, 5.41) is 11.8. The van der Waals surface area contributed by atoms with Crippen molar-refractivity contribution in [2.24, 2.45) is 11.8 Å². The van der Waals surface area contributed by atoms with Crippen LogP contribution in [0.4, 0.5) is 0 Å². The molecule has 0 aromatic rings. The van der Waals surface area contributed by atoms with E-state index < -0.39 is 11.9 Å². The van der Waals surface area contributed by atoms with Crippen LogP contribution in [0.5, 0.6) is 0 Å². The Morgan fingerprint density at radius 2 is 1.90 bits per heavy atom. The number of likely N-dealkylation sites (tertiary alicyclic amines) is 1. The topological polar surface area (TPSA) is 86.7 Å². The highest BCUT2D eigenvalue weighted by Crippen LogP contribution is 2.28. The summed E-state index contributed by atoms with van der Waals surface area (Å²) in [5.41, 5.74) is 0. The molecule has 6 heteroatoms. The van der Waals surface area contributed by atoms with Crippen molar-refractivity contribution in [3.05, 3.63) is 0 Å². The SMILES string of the molecule is O=C(O)C1CCCN(C(=O)CCCNC(=O)C2CC2)C1. The van der Waals surface area contributed by atoms with Gasteiger partial charge in [-0.25, -0.2) is 0 Å². The fraction of sp³-hybridized carbons (Fsp3) is 0.786. The largest absolute Gasteiger partial charge is 0.481 e. The molecule has 2 amide bonds. The first kappa shape index (κ1) is 14.8. The number of carbonyl (C=O) groups excluding carboxylic acids is 2. The number of nitrogens with one attached hydrogen (secondary N) is 1. The van der Waals surface area contributed by atoms with Crippen LogP contribution in [0, 0.1) is 11.8 Å². The first-order valence-electron chi connectivity index (χ1n) is 7.36. The molecule has 2 rings (SSSR count). The van der Waals surface area contributed by atoms with Crippen molar-refractivity contribution in [2.45, 2.75) is 38.5 Å². The van der Waals surface area contributed by atoms with Gasteiger partial charge in [0.2, 0.25) is 11.8 Å². The standard InChI is InChI=1S/C14H22N2O4/c17-12(4-1-7-15-13(18)10-5-6-10)16-8-2-3-11(9-16)14(19)20/h10-11H,1-9H2,(H,15,18)(H,19,20). The third-order valence-corrected chi connectivity index (χ3v) is 3.94. The monoisotopic (exact) mass is 282 g/mol. The van der Waals surface area contributed by atoms with Crippen molar-refractivity contribution in [3.63, 3.8) is 0 Å². The molecule has 1 aliphatic heterocycles. The van der Waals surface area contributed by atoms with Crippen molar-refractivity contribution in [1.29, 1.82) is 0 Å². The molecule has 2 N–H and O–H groups in total. The van der Waals surface area contributed by atoms with E-state index in [0.29, 0.717) is 38.9 Å². The van der Waals surface area contributed by atoms with E-state index in [1.54, 1.807) is 4.90 Å². The number of piperidine rings is 1. The van der Waals surface area contributed by atoms with Crippen molar-refractivity contribution >= 4 is 17.8 Å². The van der Waals surface area contributed by atoms with Crippen LogP contribution in [0.25, 0.3) is 0 Å². The van der Waals surface area contributed by atoms with Crippen LogP contribution in [0.2, 0.25) is 0 Å². The van der Waals surface area contributed by atoms with E-state index >= 15 is 0 Å². The van der Waals surface area contributed by atoms with E-state index in [2.05, 4.69) is 5.32 Å². The van der Waals surface area contributed by atoms with Crippen LogP contribution in [-0.2, 0) is 14.4 Å². The summed E-state index contributed by atoms with van der Waals surface area (Å²) < 4.78 is 0. The molecular weight excluding hydrogens is 260 g/mol. The number of hydrogen-bond acceptors (Lipinski definition) is 3. The van der Waals surface area contributed by atoms with Gasteiger partial charge in [-0.1, -0.05) is 0 Å². The van der Waals surface area contributed by atoms with Gasteiger partial charge in [0.1, 0.15) is 0 Å². The molecule has 2 fully saturated rings. The lowest BCUT2D eigenvalue weighted by Crippen LogP contribution is -2.42. The molecule has 6 nitrogen and oxygen atoms in total. The lowest BCUT2D eigenvalue weighted by molar-refractivity contribution is -0.145. The Kier molecular flexibility index (Phi) is 4.98. The molecule has 1 unspecified atom stereocenters. The summed E-state index contributed by atoms with van der Waals surface area (Å²) in [6, 6.07) is 0. The number of carboxylic acids is 1. The first-order chi connectivity index (χ1) is 9.58. The maximum Gasteiger partial charge on any atom is 0.308 e. The summed E-state index contributed by atoms with van der Waals surface area (Å²) in [5.74, 6) is -0.955. The summed E-state index contributed by atoms with van der Waals surface area (Å²) in [6.45, 7) is 1.50. The van der Waals surface area contributed by atoms with Crippen molar-refractivity contribution in [2.75, 3.05) is 19.6 Å². The van der Waals surface area contributed by atoms with E-state index in [1.165, 1.54) is 0 Å². The van der Waals surface area contributed by atoms with Crippen LogP contribution in [-0.4, -0.2) is 47.4 Å². The van der Waals surface area contributed by atoms with Crippen LogP contribution < -0.4 is 5.32 Å². The molecular formula is C14H22N2O4. The second kappa shape index (κ2) is 6.72. The zero-order valence-electron chi connectivity index (χ0n) is 11.6. The van der Waals surface area contributed by atoms with Crippen LogP contribution in [0.1, 0.15) is 38.5 Å². The van der Waals surface area contributed by atoms with Crippen molar-refractivity contribution in [1.82, 2.24) is 10.2 Å². The number of carbonyl (C=O) groups is 3. The molecule has 0 aromatic carbocycles. The minimum absolute atomic E-state index is 0.00313. The highest BCUT2D eigenvalue weighted by molar-refractivity contribution is 5.81. The lowest BCUT2D eigenvalue weighted by atomic mass is 9.98. The number of nitrogens with zero attached hydrogens (tertiary/aromatic N) is 1. The van der Waals surface area contributed by atoms with Gasteiger partial charge in [0.25, 0.3) is 0 Å². The zero-order valence-corrected chi connectivity index (χ0v) is 11.6. The summed E-state index contributed by atoms with van der Waals surface area (Å²) in [4.78, 5) is 36.0. The molecule has 1 heterocycles. The molecule has 0 bridgehead atoms. The highest BCUT2D eigenvalue weighted by atomic mass is 16.4. The molecule has 1 saturated carbocycles. The second-order valence-corrected chi connectivity index (χ2v) is 5.69. The van der Waals surface area contributed by atoms with Gasteiger partial charge in [0, 0.05) is 32.0 Å². The van der Waals surface area contributed by atoms with Gasteiger partial charge in [-0.15, -0.1) is 0 Å². The maximum absolute atomic E-state index is 12.0. The fourth-order valence-corrected chi connectivity index (χ4v) is 2.50. The Morgan fingerprint density at radius 3 is 2.55 bits per heavy atom. The molecule has 2 aliphatic rings. The Bertz CT molecular complexity index is 393. The second-order valence-electron chi connectivity index (χ2n) is 5.69. The Morgan fingerprint density at radius 1 is 1.15 bits per heavy atom. The smallest absolute Gasteiger partial charge is 0.308 e. The predicted octanol–water partition coefficient (Wildman–Crippen LogP) is 0.616. The zero-order chi connectivity index (χ0) is 14.5. The van der Waals surface area contributed by atoms with E-state index in [-0.39, 0.29) is 17.7 Å². The van der Waals surface area contributed by atoms with Crippen molar-refractivity contribution in [3.8, 4) is 0 Å². The normalized spacial score (nSPS) is 22.4. The van der Waals surface area contributed by atoms with Gasteiger partial charge in [-0.2, -0.15) is 0 Å². The minimum Gasteiger partial charge on any atom is -0.481 e. The minimum atomic E-state index is -0.820. The molecule has 0 aromatic heterocycles. The maximum atomic E-state index is 12.0. The molecule has 0 radical (unpaired) electrons. The molecule has 1 atom stereocenters. The Hall–Kier alpha value is -1.59. The number of aliphatic carboxylic acids is 1. The van der Waals surface area contributed by atoms with Gasteiger partial charge in [-0.3, -0.25) is 14.4 Å². The number of amides is 2. The molecule has 20 heavy (non-hydrogen) atoms. The summed E-state index contributed by atoms with van der Waals surface area (Å²) >= 11 is 0. The van der Waals surface area contributed by atoms with Gasteiger partial charge in [-0.05, 0) is 32.1 Å². The lowest BCUT2D eigenvalue weighted by Gasteiger charge is -2.30. The van der Waals surface area contributed by atoms with Gasteiger partial charge in [0.05, 0.1) is 5.92 Å². The van der Waals surface area contributed by atoms with E-state index in [4.69, 9.17) is 5.11 Å². The van der Waals surface area contributed by atoms with E-state index in [9.17, 15) is 14.4 Å². The molecule has 1 saturated heterocycles. The average Bonchev–Trinajstić information content (AvgIpc) is 3.27. The number of rotatable bonds is 6. The first-order valence-corrected chi connectivity index (χ1v) is 7.36. The average molecular weight is 282 g/mol. The van der Waals surface area contributed by atoms with E-state index in [0.717, 1.165) is 19.3 Å². The Balaban J connectivity index is 1.63. The van der Waals surface area contributed by atoms with Crippen LogP contribution in [0.3, 0.4) is 0 Å². The number of carboxylic acid groups (broad SMARTS) is 1. The third kappa shape index (κ3) is 4.21. The van der Waals surface area contributed by atoms with Gasteiger partial charge in [0.15, 0.2) is 0 Å². The molecule has 1 aliphatic carbocycles. The molecule has 112 valence electrons. The van der Waals surface area contributed by atoms with E-state index in [1.807, 2.05) is 0 Å². The third-order valence-electron chi connectivity index (χ3n) is 3.94. The van der Waals surface area contributed by atoms with Crippen LogP contribution in [0.15, 0.2) is 0 Å². The van der Waals surface area contributed by atoms with Crippen LogP contribution >= 0.6 is 0 Å². The van der Waals surface area contributed by atoms with Crippen molar-refractivity contribution < 1.29 is 19.5 Å². The number of hydrogen-bond donors (Lipinski definition) is 2. The van der Waals surface area contributed by atoms with Gasteiger partial charge < -0.3 is 15.3 Å². The predicted molar refractivity (Wildman–Crippen MR) is 71.9 cm³/mol. The fourth-order valence-electron chi connectivity index (χ4n) is 2.50. The summed E-state index contributed by atoms with van der Waals surface area (Å²) in [7, 11) is 0. The van der Waals surface area contributed by atoms with Gasteiger partial charge >= 0.3 is 5.97 Å². The molecule has 0 spiro atoms. The Labute approximate surface area is 118 Å². The quantitative estimate of drug-likeness (QED) is 0.699.